The normalized spacial score (nSPS) is 23.2. The SMILES string of the molecule is CCn1cnnc1CNC(=O)C1(CC)CCCN1. The summed E-state index contributed by atoms with van der Waals surface area (Å²) in [7, 11) is 0. The molecule has 1 atom stereocenters. The number of carbonyl (C=O) groups is 1. The first-order valence-corrected chi connectivity index (χ1v) is 6.62. The van der Waals surface area contributed by atoms with Crippen LogP contribution < -0.4 is 10.6 Å². The number of aromatic nitrogens is 3. The molecule has 18 heavy (non-hydrogen) atoms. The lowest BCUT2D eigenvalue weighted by atomic mass is 9.93. The number of nitrogens with zero attached hydrogens (tertiary/aromatic N) is 3. The van der Waals surface area contributed by atoms with Gasteiger partial charge in [0.1, 0.15) is 6.33 Å². The van der Waals surface area contributed by atoms with E-state index in [2.05, 4.69) is 20.8 Å². The summed E-state index contributed by atoms with van der Waals surface area (Å²) in [6, 6.07) is 0. The highest BCUT2D eigenvalue weighted by Gasteiger charge is 2.38. The van der Waals surface area contributed by atoms with E-state index in [0.29, 0.717) is 6.54 Å². The van der Waals surface area contributed by atoms with E-state index in [4.69, 9.17) is 0 Å². The maximum atomic E-state index is 12.3. The maximum Gasteiger partial charge on any atom is 0.240 e. The van der Waals surface area contributed by atoms with Gasteiger partial charge in [-0.2, -0.15) is 0 Å². The monoisotopic (exact) mass is 251 g/mol. The van der Waals surface area contributed by atoms with E-state index >= 15 is 0 Å². The van der Waals surface area contributed by atoms with Crippen LogP contribution in [0.3, 0.4) is 0 Å². The van der Waals surface area contributed by atoms with Crippen LogP contribution in [0.1, 0.15) is 38.9 Å². The number of carbonyl (C=O) groups excluding carboxylic acids is 1. The van der Waals surface area contributed by atoms with Crippen LogP contribution in [-0.4, -0.2) is 32.8 Å². The molecule has 0 aliphatic carbocycles. The van der Waals surface area contributed by atoms with E-state index in [1.165, 1.54) is 0 Å². The third-order valence-electron chi connectivity index (χ3n) is 3.73. The van der Waals surface area contributed by atoms with Crippen molar-refractivity contribution in [2.24, 2.45) is 0 Å². The second kappa shape index (κ2) is 5.48. The molecule has 1 aromatic rings. The minimum Gasteiger partial charge on any atom is -0.347 e. The average Bonchev–Trinajstić information content (AvgIpc) is 3.05. The zero-order chi connectivity index (χ0) is 13.0. The minimum absolute atomic E-state index is 0.0770. The predicted octanol–water partition coefficient (Wildman–Crippen LogP) is 0.446. The van der Waals surface area contributed by atoms with Crippen LogP contribution in [0.25, 0.3) is 0 Å². The minimum atomic E-state index is -0.378. The molecular formula is C12H21N5O. The first-order valence-electron chi connectivity index (χ1n) is 6.62. The molecule has 0 aromatic carbocycles. The summed E-state index contributed by atoms with van der Waals surface area (Å²) in [6.07, 6.45) is 4.48. The quantitative estimate of drug-likeness (QED) is 0.797. The molecule has 1 amide bonds. The molecule has 0 radical (unpaired) electrons. The lowest BCUT2D eigenvalue weighted by Crippen LogP contribution is -2.53. The summed E-state index contributed by atoms with van der Waals surface area (Å²) >= 11 is 0. The van der Waals surface area contributed by atoms with E-state index in [1.54, 1.807) is 6.33 Å². The van der Waals surface area contributed by atoms with E-state index < -0.39 is 0 Å². The molecule has 2 heterocycles. The molecule has 0 bridgehead atoms. The van der Waals surface area contributed by atoms with Crippen molar-refractivity contribution < 1.29 is 4.79 Å². The first kappa shape index (κ1) is 13.0. The molecule has 1 fully saturated rings. The van der Waals surface area contributed by atoms with Crippen LogP contribution in [0.2, 0.25) is 0 Å². The Morgan fingerprint density at radius 2 is 2.44 bits per heavy atom. The van der Waals surface area contributed by atoms with E-state index in [-0.39, 0.29) is 11.4 Å². The number of amides is 1. The fourth-order valence-electron chi connectivity index (χ4n) is 2.47. The number of hydrogen-bond donors (Lipinski definition) is 2. The van der Waals surface area contributed by atoms with Crippen LogP contribution in [0, 0.1) is 0 Å². The Balaban J connectivity index is 1.95. The van der Waals surface area contributed by atoms with Crippen molar-refractivity contribution in [3.8, 4) is 0 Å². The van der Waals surface area contributed by atoms with Crippen LogP contribution in [0.5, 0.6) is 0 Å². The number of hydrogen-bond acceptors (Lipinski definition) is 4. The molecule has 6 heteroatoms. The molecule has 2 N–H and O–H groups in total. The van der Waals surface area contributed by atoms with Gasteiger partial charge in [0, 0.05) is 6.54 Å². The molecular weight excluding hydrogens is 230 g/mol. The Bertz CT molecular complexity index is 408. The molecule has 1 unspecified atom stereocenters. The van der Waals surface area contributed by atoms with Gasteiger partial charge in [-0.15, -0.1) is 10.2 Å². The largest absolute Gasteiger partial charge is 0.347 e. The standard InChI is InChI=1S/C12H21N5O/c1-3-12(6-5-7-14-12)11(18)13-8-10-16-15-9-17(10)4-2/h9,14H,3-8H2,1-2H3,(H,13,18). The van der Waals surface area contributed by atoms with E-state index in [1.807, 2.05) is 18.4 Å². The first-order chi connectivity index (χ1) is 8.72. The average molecular weight is 251 g/mol. The summed E-state index contributed by atoms with van der Waals surface area (Å²) in [5.41, 5.74) is -0.378. The third-order valence-corrected chi connectivity index (χ3v) is 3.73. The van der Waals surface area contributed by atoms with Crippen molar-refractivity contribution in [1.29, 1.82) is 0 Å². The van der Waals surface area contributed by atoms with Crippen LogP contribution in [0.15, 0.2) is 6.33 Å². The van der Waals surface area contributed by atoms with Gasteiger partial charge in [0.15, 0.2) is 5.82 Å². The van der Waals surface area contributed by atoms with Crippen molar-refractivity contribution >= 4 is 5.91 Å². The second-order valence-corrected chi connectivity index (χ2v) is 4.68. The molecule has 1 saturated heterocycles. The molecule has 100 valence electrons. The molecule has 0 spiro atoms. The molecule has 1 aromatic heterocycles. The summed E-state index contributed by atoms with van der Waals surface area (Å²) in [6.45, 7) is 6.26. The van der Waals surface area contributed by atoms with Crippen LogP contribution in [0.4, 0.5) is 0 Å². The highest BCUT2D eigenvalue weighted by Crippen LogP contribution is 2.23. The van der Waals surface area contributed by atoms with Crippen molar-refractivity contribution in [2.45, 2.75) is 51.7 Å². The maximum absolute atomic E-state index is 12.3. The molecule has 2 rings (SSSR count). The summed E-state index contributed by atoms with van der Waals surface area (Å²) < 4.78 is 1.93. The predicted molar refractivity (Wildman–Crippen MR) is 67.8 cm³/mol. The van der Waals surface area contributed by atoms with Gasteiger partial charge in [0.25, 0.3) is 0 Å². The summed E-state index contributed by atoms with van der Waals surface area (Å²) in [4.78, 5) is 12.3. The lowest BCUT2D eigenvalue weighted by molar-refractivity contribution is -0.127. The van der Waals surface area contributed by atoms with Crippen molar-refractivity contribution in [3.63, 3.8) is 0 Å². The number of nitrogens with one attached hydrogen (secondary N) is 2. The van der Waals surface area contributed by atoms with Gasteiger partial charge in [-0.3, -0.25) is 4.79 Å². The Kier molecular flexibility index (Phi) is 3.96. The zero-order valence-electron chi connectivity index (χ0n) is 11.1. The van der Waals surface area contributed by atoms with Crippen LogP contribution in [-0.2, 0) is 17.9 Å². The summed E-state index contributed by atoms with van der Waals surface area (Å²) in [5.74, 6) is 0.878. The Hall–Kier alpha value is -1.43. The Labute approximate surface area is 107 Å². The zero-order valence-corrected chi connectivity index (χ0v) is 11.1. The van der Waals surface area contributed by atoms with E-state index in [9.17, 15) is 4.79 Å². The second-order valence-electron chi connectivity index (χ2n) is 4.68. The van der Waals surface area contributed by atoms with Crippen molar-refractivity contribution in [2.75, 3.05) is 6.54 Å². The van der Waals surface area contributed by atoms with Gasteiger partial charge in [0.05, 0.1) is 12.1 Å². The fraction of sp³-hybridized carbons (Fsp3) is 0.750. The smallest absolute Gasteiger partial charge is 0.240 e. The van der Waals surface area contributed by atoms with Crippen molar-refractivity contribution in [3.05, 3.63) is 12.2 Å². The van der Waals surface area contributed by atoms with Crippen LogP contribution >= 0.6 is 0 Å². The van der Waals surface area contributed by atoms with Gasteiger partial charge in [-0.25, -0.2) is 0 Å². The Morgan fingerprint density at radius 1 is 1.61 bits per heavy atom. The van der Waals surface area contributed by atoms with Gasteiger partial charge >= 0.3 is 0 Å². The fourth-order valence-corrected chi connectivity index (χ4v) is 2.47. The van der Waals surface area contributed by atoms with Gasteiger partial charge in [-0.05, 0) is 32.7 Å². The number of aryl methyl sites for hydroxylation is 1. The highest BCUT2D eigenvalue weighted by molar-refractivity contribution is 5.86. The molecule has 1 aliphatic rings. The Morgan fingerprint density at radius 3 is 3.06 bits per heavy atom. The van der Waals surface area contributed by atoms with Crippen molar-refractivity contribution in [1.82, 2.24) is 25.4 Å². The van der Waals surface area contributed by atoms with Gasteiger partial charge in [0.2, 0.25) is 5.91 Å². The molecule has 0 saturated carbocycles. The highest BCUT2D eigenvalue weighted by atomic mass is 16.2. The third kappa shape index (κ3) is 2.38. The summed E-state index contributed by atoms with van der Waals surface area (Å²) in [5, 5.41) is 14.2. The molecule has 6 nitrogen and oxygen atoms in total. The number of rotatable bonds is 5. The van der Waals surface area contributed by atoms with Gasteiger partial charge < -0.3 is 15.2 Å². The van der Waals surface area contributed by atoms with Gasteiger partial charge in [-0.1, -0.05) is 6.92 Å². The molecule has 1 aliphatic heterocycles. The lowest BCUT2D eigenvalue weighted by Gasteiger charge is -2.26. The topological polar surface area (TPSA) is 71.8 Å². The van der Waals surface area contributed by atoms with E-state index in [0.717, 1.165) is 38.2 Å².